The van der Waals surface area contributed by atoms with Gasteiger partial charge in [0.05, 0.1) is 0 Å². The summed E-state index contributed by atoms with van der Waals surface area (Å²) in [5.74, 6) is 1.78. The van der Waals surface area contributed by atoms with E-state index in [1.165, 1.54) is 31.2 Å². The third-order valence-electron chi connectivity index (χ3n) is 3.42. The van der Waals surface area contributed by atoms with Gasteiger partial charge in [-0.1, -0.05) is 61.6 Å². The number of allylic oxidation sites excluding steroid dienone is 3. The molecule has 2 unspecified atom stereocenters. The lowest BCUT2D eigenvalue weighted by Gasteiger charge is -1.93. The van der Waals surface area contributed by atoms with Gasteiger partial charge in [-0.2, -0.15) is 0 Å². The average molecular weight is 226 g/mol. The van der Waals surface area contributed by atoms with Gasteiger partial charge in [-0.3, -0.25) is 0 Å². The molecule has 0 aromatic heterocycles. The van der Waals surface area contributed by atoms with Gasteiger partial charge in [0.1, 0.15) is 0 Å². The first kappa shape index (κ1) is 12.2. The van der Waals surface area contributed by atoms with Gasteiger partial charge in [0, 0.05) is 0 Å². The third kappa shape index (κ3) is 4.22. The molecule has 2 rings (SSSR count). The minimum absolute atomic E-state index is 0.838. The van der Waals surface area contributed by atoms with Gasteiger partial charge < -0.3 is 0 Å². The summed E-state index contributed by atoms with van der Waals surface area (Å²) in [5.41, 5.74) is 1.32. The number of hydrogen-bond acceptors (Lipinski definition) is 0. The Hall–Kier alpha value is -1.30. The fraction of sp³-hybridized carbons (Fsp3) is 0.412. The number of hydrogen-bond donors (Lipinski definition) is 0. The maximum absolute atomic E-state index is 2.39. The highest BCUT2D eigenvalue weighted by Gasteiger charge is 2.33. The fourth-order valence-electron chi connectivity index (χ4n) is 2.23. The number of benzene rings is 1. The van der Waals surface area contributed by atoms with Crippen molar-refractivity contribution in [1.82, 2.24) is 0 Å². The van der Waals surface area contributed by atoms with E-state index in [-0.39, 0.29) is 0 Å². The molecular weight excluding hydrogens is 204 g/mol. The lowest BCUT2D eigenvalue weighted by atomic mass is 10.1. The normalized spacial score (nSPS) is 23.6. The number of rotatable bonds is 6. The van der Waals surface area contributed by atoms with Crippen LogP contribution in [-0.2, 0) is 0 Å². The summed E-state index contributed by atoms with van der Waals surface area (Å²) < 4.78 is 0. The van der Waals surface area contributed by atoms with E-state index in [0.717, 1.165) is 11.8 Å². The van der Waals surface area contributed by atoms with Crippen LogP contribution in [0.25, 0.3) is 6.08 Å². The van der Waals surface area contributed by atoms with Gasteiger partial charge in [-0.15, -0.1) is 0 Å². The molecule has 17 heavy (non-hydrogen) atoms. The van der Waals surface area contributed by atoms with Crippen LogP contribution < -0.4 is 0 Å². The summed E-state index contributed by atoms with van der Waals surface area (Å²) in [6.07, 6.45) is 14.4. The molecule has 2 atom stereocenters. The van der Waals surface area contributed by atoms with E-state index >= 15 is 0 Å². The van der Waals surface area contributed by atoms with Crippen molar-refractivity contribution in [2.75, 3.05) is 0 Å². The molecule has 0 spiro atoms. The van der Waals surface area contributed by atoms with E-state index in [9.17, 15) is 0 Å². The summed E-state index contributed by atoms with van der Waals surface area (Å²) >= 11 is 0. The minimum atomic E-state index is 0.838. The Morgan fingerprint density at radius 3 is 2.76 bits per heavy atom. The van der Waals surface area contributed by atoms with Gasteiger partial charge >= 0.3 is 0 Å². The summed E-state index contributed by atoms with van der Waals surface area (Å²) in [4.78, 5) is 0. The first-order chi connectivity index (χ1) is 8.40. The van der Waals surface area contributed by atoms with Crippen LogP contribution in [0.2, 0.25) is 0 Å². The molecule has 0 nitrogen and oxygen atoms in total. The molecule has 1 aliphatic rings. The molecule has 0 radical (unpaired) electrons. The Bertz CT molecular complexity index is 372. The van der Waals surface area contributed by atoms with Crippen molar-refractivity contribution in [3.8, 4) is 0 Å². The van der Waals surface area contributed by atoms with Crippen molar-refractivity contribution in [2.24, 2.45) is 11.8 Å². The zero-order valence-corrected chi connectivity index (χ0v) is 10.7. The standard InChI is InChI=1S/C17H22/c1-2-3-4-8-11-16-14-17(16)13-12-15-9-6-5-7-10-15/h3-7,9-10,12-13,16-17H,2,8,11,14H2,1H3/b4-3+,13-12+. The van der Waals surface area contributed by atoms with Crippen molar-refractivity contribution < 1.29 is 0 Å². The molecular formula is C17H22. The second-order valence-corrected chi connectivity index (χ2v) is 4.89. The third-order valence-corrected chi connectivity index (χ3v) is 3.42. The summed E-state index contributed by atoms with van der Waals surface area (Å²) in [7, 11) is 0. The van der Waals surface area contributed by atoms with Crippen LogP contribution in [0.15, 0.2) is 48.6 Å². The average Bonchev–Trinajstić information content (AvgIpc) is 3.12. The topological polar surface area (TPSA) is 0 Å². The monoisotopic (exact) mass is 226 g/mol. The zero-order chi connectivity index (χ0) is 11.9. The lowest BCUT2D eigenvalue weighted by molar-refractivity contribution is 0.707. The Balaban J connectivity index is 1.69. The second-order valence-electron chi connectivity index (χ2n) is 4.89. The van der Waals surface area contributed by atoms with Crippen LogP contribution in [-0.4, -0.2) is 0 Å². The van der Waals surface area contributed by atoms with E-state index in [0.29, 0.717) is 0 Å². The highest BCUT2D eigenvalue weighted by atomic mass is 14.4. The molecule has 0 amide bonds. The molecule has 90 valence electrons. The molecule has 1 aliphatic carbocycles. The molecule has 0 N–H and O–H groups in total. The van der Waals surface area contributed by atoms with E-state index in [1.807, 2.05) is 0 Å². The fourth-order valence-corrected chi connectivity index (χ4v) is 2.23. The lowest BCUT2D eigenvalue weighted by Crippen LogP contribution is -1.79. The Morgan fingerprint density at radius 1 is 1.18 bits per heavy atom. The maximum atomic E-state index is 2.39. The first-order valence-electron chi connectivity index (χ1n) is 6.78. The molecule has 1 aromatic rings. The Morgan fingerprint density at radius 2 is 2.00 bits per heavy atom. The maximum Gasteiger partial charge on any atom is -0.0199 e. The van der Waals surface area contributed by atoms with Gasteiger partial charge in [0.2, 0.25) is 0 Å². The van der Waals surface area contributed by atoms with Crippen molar-refractivity contribution in [3.63, 3.8) is 0 Å². The quantitative estimate of drug-likeness (QED) is 0.593. The predicted octanol–water partition coefficient (Wildman–Crippen LogP) is 5.08. The second kappa shape index (κ2) is 6.44. The molecule has 0 saturated heterocycles. The smallest absolute Gasteiger partial charge is 0.0199 e. The van der Waals surface area contributed by atoms with Gasteiger partial charge in [0.25, 0.3) is 0 Å². The van der Waals surface area contributed by atoms with Crippen molar-refractivity contribution >= 4 is 6.08 Å². The van der Waals surface area contributed by atoms with Crippen LogP contribution in [0.5, 0.6) is 0 Å². The SMILES string of the molecule is CC/C=C/CCC1CC1/C=C/c1ccccc1. The van der Waals surface area contributed by atoms with Crippen molar-refractivity contribution in [1.29, 1.82) is 0 Å². The molecule has 0 heteroatoms. The highest BCUT2D eigenvalue weighted by Crippen LogP contribution is 2.43. The molecule has 1 saturated carbocycles. The van der Waals surface area contributed by atoms with E-state index in [1.54, 1.807) is 0 Å². The molecule has 0 bridgehead atoms. The molecule has 1 aromatic carbocycles. The Kier molecular flexibility index (Phi) is 4.61. The van der Waals surface area contributed by atoms with Crippen molar-refractivity contribution in [3.05, 3.63) is 54.1 Å². The molecule has 1 fully saturated rings. The van der Waals surface area contributed by atoms with Crippen LogP contribution >= 0.6 is 0 Å². The van der Waals surface area contributed by atoms with Gasteiger partial charge in [0.15, 0.2) is 0 Å². The predicted molar refractivity (Wildman–Crippen MR) is 75.7 cm³/mol. The van der Waals surface area contributed by atoms with Crippen LogP contribution in [0.1, 0.15) is 38.2 Å². The Labute approximate surface area is 105 Å². The zero-order valence-electron chi connectivity index (χ0n) is 10.7. The van der Waals surface area contributed by atoms with E-state index in [4.69, 9.17) is 0 Å². The summed E-state index contributed by atoms with van der Waals surface area (Å²) in [6, 6.07) is 10.6. The van der Waals surface area contributed by atoms with Crippen LogP contribution in [0.4, 0.5) is 0 Å². The van der Waals surface area contributed by atoms with Crippen molar-refractivity contribution in [2.45, 2.75) is 32.6 Å². The molecule has 0 heterocycles. The summed E-state index contributed by atoms with van der Waals surface area (Å²) in [6.45, 7) is 2.19. The summed E-state index contributed by atoms with van der Waals surface area (Å²) in [5, 5.41) is 0. The van der Waals surface area contributed by atoms with E-state index in [2.05, 4.69) is 61.6 Å². The van der Waals surface area contributed by atoms with Crippen LogP contribution in [0.3, 0.4) is 0 Å². The van der Waals surface area contributed by atoms with Crippen LogP contribution in [0, 0.1) is 11.8 Å². The first-order valence-corrected chi connectivity index (χ1v) is 6.78. The van der Waals surface area contributed by atoms with E-state index < -0.39 is 0 Å². The van der Waals surface area contributed by atoms with Gasteiger partial charge in [-0.25, -0.2) is 0 Å². The van der Waals surface area contributed by atoms with Gasteiger partial charge in [-0.05, 0) is 43.1 Å². The molecule has 0 aliphatic heterocycles. The highest BCUT2D eigenvalue weighted by molar-refractivity contribution is 5.49. The largest absolute Gasteiger partial charge is 0.0888 e. The minimum Gasteiger partial charge on any atom is -0.0888 e.